The van der Waals surface area contributed by atoms with Gasteiger partial charge in [-0.15, -0.1) is 0 Å². The minimum Gasteiger partial charge on any atom is -0.507 e. The molecular formula is C48H68N2O17. The van der Waals surface area contributed by atoms with E-state index in [1.165, 1.54) is 18.2 Å². The number of nitrogens with zero attached hydrogens (tertiary/aromatic N) is 2. The first kappa shape index (κ1) is 50.0. The Balaban J connectivity index is 0.965. The molecule has 18 atom stereocenters. The quantitative estimate of drug-likeness (QED) is 0.136. The summed E-state index contributed by atoms with van der Waals surface area (Å²) in [5.74, 6) is -3.71. The number of aliphatic hydroxyl groups excluding tert-OH is 3. The van der Waals surface area contributed by atoms with E-state index in [1.807, 2.05) is 58.8 Å². The van der Waals surface area contributed by atoms with Crippen LogP contribution in [0.4, 0.5) is 0 Å². The molecule has 0 aromatic heterocycles. The van der Waals surface area contributed by atoms with Crippen LogP contribution in [0, 0.1) is 0 Å². The minimum absolute atomic E-state index is 0.0260. The lowest BCUT2D eigenvalue weighted by Crippen LogP contribution is -2.60. The van der Waals surface area contributed by atoms with E-state index in [0.717, 1.165) is 0 Å². The Morgan fingerprint density at radius 2 is 1.13 bits per heavy atom. The summed E-state index contributed by atoms with van der Waals surface area (Å²) in [7, 11) is 7.67. The second-order valence-corrected chi connectivity index (χ2v) is 19.7. The third-order valence-electron chi connectivity index (χ3n) is 14.8. The van der Waals surface area contributed by atoms with Gasteiger partial charge in [-0.2, -0.15) is 0 Å². The number of phenolic OH excluding ortho intramolecular Hbond substituents is 3. The van der Waals surface area contributed by atoms with Crippen molar-refractivity contribution in [2.45, 2.75) is 190 Å². The molecule has 4 saturated heterocycles. The third-order valence-corrected chi connectivity index (χ3v) is 14.8. The minimum atomic E-state index is -1.83. The van der Waals surface area contributed by atoms with Gasteiger partial charge in [-0.3, -0.25) is 9.59 Å². The molecule has 2 aromatic carbocycles. The average molecular weight is 945 g/mol. The van der Waals surface area contributed by atoms with Crippen LogP contribution < -0.4 is 0 Å². The van der Waals surface area contributed by atoms with Gasteiger partial charge in [0.25, 0.3) is 0 Å². The molecule has 0 spiro atoms. The molecule has 2 aliphatic carbocycles. The lowest BCUT2D eigenvalue weighted by molar-refractivity contribution is -0.337. The standard InChI is InChI=1S/C48H68N2O17/c1-10-48(59)19-30(54)36-39(43(58)37-38(42(36)57)41(56)35-24(40(37)55)12-11-13-28(35)52)47(48)67-33-17-26(50(8)9)44(22(4)62-33)65-32-16-25(49(6)7)45(21(3)61-32)66-34-18-29(53)46(23(5)63-34)64-31-15-14-27(51)20(2)60-31/h11-13,20-23,25-27,29-34,44-47,51-54,57-59H,10,14-19H2,1-9H3/t20?,21?,22?,23?,25?,26?,27?,29?,30-,31?,32?,33?,34?,44?,45?,46?,47+,48+/m0/s1. The molecule has 0 amide bonds. The lowest BCUT2D eigenvalue weighted by atomic mass is 9.70. The summed E-state index contributed by atoms with van der Waals surface area (Å²) in [4.78, 5) is 31.7. The van der Waals surface area contributed by atoms with Crippen LogP contribution in [0.3, 0.4) is 0 Å². The second kappa shape index (κ2) is 19.4. The zero-order chi connectivity index (χ0) is 48.5. The number of carbonyl (C=O) groups excluding carboxylic acids is 2. The molecule has 4 heterocycles. The van der Waals surface area contributed by atoms with Crippen LogP contribution in [-0.4, -0.2) is 183 Å². The molecule has 67 heavy (non-hydrogen) atoms. The fourth-order valence-electron chi connectivity index (χ4n) is 11.0. The molecule has 0 bridgehead atoms. The Morgan fingerprint density at radius 1 is 0.627 bits per heavy atom. The number of carbonyl (C=O) groups is 2. The second-order valence-electron chi connectivity index (χ2n) is 19.7. The molecular weight excluding hydrogens is 877 g/mol. The Kier molecular flexibility index (Phi) is 14.5. The van der Waals surface area contributed by atoms with Gasteiger partial charge in [0, 0.05) is 60.9 Å². The van der Waals surface area contributed by atoms with E-state index in [1.54, 1.807) is 13.8 Å². The largest absolute Gasteiger partial charge is 0.507 e. The van der Waals surface area contributed by atoms with Crippen molar-refractivity contribution in [1.82, 2.24) is 9.80 Å². The van der Waals surface area contributed by atoms with E-state index in [9.17, 15) is 45.3 Å². The number of ether oxygens (including phenoxy) is 8. The Morgan fingerprint density at radius 3 is 1.69 bits per heavy atom. The highest BCUT2D eigenvalue weighted by Crippen LogP contribution is 2.57. The Labute approximate surface area is 390 Å². The zero-order valence-electron chi connectivity index (χ0n) is 39.6. The fourth-order valence-corrected chi connectivity index (χ4v) is 11.0. The van der Waals surface area contributed by atoms with Gasteiger partial charge in [0.05, 0.1) is 65.0 Å². The molecule has 4 fully saturated rings. The first-order valence-electron chi connectivity index (χ1n) is 23.5. The highest BCUT2D eigenvalue weighted by atomic mass is 16.7. The van der Waals surface area contributed by atoms with Gasteiger partial charge in [-0.05, 0) is 74.8 Å². The summed E-state index contributed by atoms with van der Waals surface area (Å²) < 4.78 is 51.2. The van der Waals surface area contributed by atoms with Crippen LogP contribution in [0.25, 0.3) is 0 Å². The van der Waals surface area contributed by atoms with E-state index < -0.39 is 132 Å². The zero-order valence-corrected chi connectivity index (χ0v) is 39.6. The van der Waals surface area contributed by atoms with E-state index in [4.69, 9.17) is 37.9 Å². The van der Waals surface area contributed by atoms with E-state index in [0.29, 0.717) is 19.3 Å². The van der Waals surface area contributed by atoms with Crippen molar-refractivity contribution >= 4 is 11.6 Å². The van der Waals surface area contributed by atoms with Gasteiger partial charge in [0.15, 0.2) is 30.9 Å². The summed E-state index contributed by atoms with van der Waals surface area (Å²) in [5, 5.41) is 79.0. The molecule has 15 unspecified atom stereocenters. The normalized spacial score (nSPS) is 40.1. The average Bonchev–Trinajstić information content (AvgIpc) is 3.26. The van der Waals surface area contributed by atoms with Crippen LogP contribution in [0.5, 0.6) is 17.2 Å². The van der Waals surface area contributed by atoms with Crippen molar-refractivity contribution in [1.29, 1.82) is 0 Å². The molecule has 8 rings (SSSR count). The molecule has 4 aliphatic heterocycles. The maximum absolute atomic E-state index is 13.9. The van der Waals surface area contributed by atoms with Crippen molar-refractivity contribution in [3.8, 4) is 17.2 Å². The number of likely N-dealkylation sites (N-methyl/N-ethyl adjacent to an activating group) is 2. The monoisotopic (exact) mass is 944 g/mol. The van der Waals surface area contributed by atoms with Crippen molar-refractivity contribution in [2.75, 3.05) is 28.2 Å². The van der Waals surface area contributed by atoms with Gasteiger partial charge in [-0.1, -0.05) is 19.1 Å². The molecule has 372 valence electrons. The molecule has 19 heteroatoms. The Bertz CT molecular complexity index is 2140. The highest BCUT2D eigenvalue weighted by molar-refractivity contribution is 6.31. The lowest BCUT2D eigenvalue weighted by Gasteiger charge is -2.50. The maximum atomic E-state index is 13.9. The molecule has 0 radical (unpaired) electrons. The van der Waals surface area contributed by atoms with Gasteiger partial charge < -0.3 is 83.4 Å². The van der Waals surface area contributed by atoms with Crippen molar-refractivity contribution in [3.63, 3.8) is 0 Å². The number of fused-ring (bicyclic) bond motifs is 3. The van der Waals surface area contributed by atoms with E-state index in [2.05, 4.69) is 0 Å². The van der Waals surface area contributed by atoms with Gasteiger partial charge >= 0.3 is 0 Å². The van der Waals surface area contributed by atoms with Crippen molar-refractivity contribution in [2.24, 2.45) is 0 Å². The van der Waals surface area contributed by atoms with Crippen molar-refractivity contribution < 1.29 is 83.2 Å². The number of phenols is 3. The van der Waals surface area contributed by atoms with Gasteiger partial charge in [0.1, 0.15) is 41.7 Å². The molecule has 6 aliphatic rings. The summed E-state index contributed by atoms with van der Waals surface area (Å²) in [6, 6.07) is 3.40. The maximum Gasteiger partial charge on any atom is 0.202 e. The van der Waals surface area contributed by atoms with Crippen LogP contribution in [-0.2, 0) is 37.9 Å². The Hall–Kier alpha value is -3.38. The van der Waals surface area contributed by atoms with Gasteiger partial charge in [-0.25, -0.2) is 0 Å². The van der Waals surface area contributed by atoms with E-state index >= 15 is 0 Å². The first-order chi connectivity index (χ1) is 31.6. The van der Waals surface area contributed by atoms with Gasteiger partial charge in [0.2, 0.25) is 5.78 Å². The summed E-state index contributed by atoms with van der Waals surface area (Å²) >= 11 is 0. The number of ketones is 2. The highest BCUT2D eigenvalue weighted by Gasteiger charge is 2.54. The molecule has 7 N–H and O–H groups in total. The topological polar surface area (TPSA) is 256 Å². The van der Waals surface area contributed by atoms with Crippen LogP contribution in [0.15, 0.2) is 18.2 Å². The number of aromatic hydroxyl groups is 3. The summed E-state index contributed by atoms with van der Waals surface area (Å²) in [5.41, 5.74) is -3.93. The van der Waals surface area contributed by atoms with Crippen LogP contribution in [0.1, 0.15) is 135 Å². The van der Waals surface area contributed by atoms with Crippen LogP contribution >= 0.6 is 0 Å². The number of aliphatic hydroxyl groups is 4. The predicted molar refractivity (Wildman–Crippen MR) is 235 cm³/mol. The SMILES string of the molecule is CC[C@@]1(O)C[C@H](O)c2c(O)c3c(c(O)c2[C@H]1OC1CC(N(C)C)C(OC2CC(N(C)C)C(OC4CC(O)C(OC5CCC(O)C(C)O5)C(C)O4)C(C)O2)C(C)O1)C(=O)c1cccc(O)c1C3=O. The summed E-state index contributed by atoms with van der Waals surface area (Å²) in [6.45, 7) is 9.02. The fraction of sp³-hybridized carbons (Fsp3) is 0.708. The third kappa shape index (κ3) is 9.26. The molecule has 2 aromatic rings. The first-order valence-corrected chi connectivity index (χ1v) is 23.5. The number of hydrogen-bond acceptors (Lipinski definition) is 19. The van der Waals surface area contributed by atoms with E-state index in [-0.39, 0.29) is 66.1 Å². The smallest absolute Gasteiger partial charge is 0.202 e. The van der Waals surface area contributed by atoms with Crippen molar-refractivity contribution in [3.05, 3.63) is 51.6 Å². The number of benzene rings is 2. The number of rotatable bonds is 11. The molecule has 0 saturated carbocycles. The number of hydrogen-bond donors (Lipinski definition) is 7. The molecule has 19 nitrogen and oxygen atoms in total. The predicted octanol–water partition coefficient (Wildman–Crippen LogP) is 2.88. The summed E-state index contributed by atoms with van der Waals surface area (Å²) in [6.07, 6.45) is -9.68. The van der Waals surface area contributed by atoms with Crippen LogP contribution in [0.2, 0.25) is 0 Å².